The average Bonchev–Trinajstić information content (AvgIpc) is 2.22. The number of carbonyl (C=O) groups excluding carboxylic acids is 1. The Labute approximate surface area is 107 Å². The molecule has 0 unspecified atom stereocenters. The molecule has 0 aromatic heterocycles. The maximum atomic E-state index is 11.9. The van der Waals surface area contributed by atoms with Gasteiger partial charge in [0.25, 0.3) is 0 Å². The molecular weight excluding hydrogens is 240 g/mol. The second-order valence-corrected chi connectivity index (χ2v) is 5.38. The van der Waals surface area contributed by atoms with E-state index >= 15 is 0 Å². The average molecular weight is 262 g/mol. The molecule has 5 nitrogen and oxygen atoms in total. The summed E-state index contributed by atoms with van der Waals surface area (Å²) in [6.45, 7) is 4.03. The van der Waals surface area contributed by atoms with Gasteiger partial charge < -0.3 is 15.7 Å². The zero-order chi connectivity index (χ0) is 13.4. The van der Waals surface area contributed by atoms with Crippen LogP contribution in [0.1, 0.15) is 20.3 Å². The number of hydrogen-bond donors (Lipinski definition) is 2. The van der Waals surface area contributed by atoms with E-state index in [2.05, 4.69) is 0 Å². The molecule has 0 aliphatic carbocycles. The maximum Gasteiger partial charge on any atom is 0.323 e. The van der Waals surface area contributed by atoms with Crippen molar-refractivity contribution >= 4 is 23.6 Å². The molecule has 0 aliphatic heterocycles. The van der Waals surface area contributed by atoms with E-state index in [0.29, 0.717) is 13.0 Å². The third-order valence-corrected chi connectivity index (χ3v) is 2.82. The molecule has 0 spiro atoms. The monoisotopic (exact) mass is 262 g/mol. The van der Waals surface area contributed by atoms with Crippen LogP contribution in [0.4, 0.5) is 0 Å². The van der Waals surface area contributed by atoms with Crippen molar-refractivity contribution < 1.29 is 14.7 Å². The van der Waals surface area contributed by atoms with Crippen molar-refractivity contribution in [2.45, 2.75) is 26.3 Å². The number of thioether (sulfide) groups is 1. The first-order valence-electron chi connectivity index (χ1n) is 5.63. The molecule has 0 radical (unpaired) electrons. The Hall–Kier alpha value is -0.750. The summed E-state index contributed by atoms with van der Waals surface area (Å²) in [5.41, 5.74) is 5.76. The van der Waals surface area contributed by atoms with Crippen molar-refractivity contribution in [2.75, 3.05) is 25.1 Å². The van der Waals surface area contributed by atoms with Crippen LogP contribution in [0.5, 0.6) is 0 Å². The summed E-state index contributed by atoms with van der Waals surface area (Å²) in [4.78, 5) is 24.0. The van der Waals surface area contributed by atoms with Crippen molar-refractivity contribution in [1.82, 2.24) is 4.90 Å². The van der Waals surface area contributed by atoms with Gasteiger partial charge in [-0.3, -0.25) is 9.59 Å². The lowest BCUT2D eigenvalue weighted by Crippen LogP contribution is -2.47. The van der Waals surface area contributed by atoms with Gasteiger partial charge in [-0.05, 0) is 24.3 Å². The summed E-state index contributed by atoms with van der Waals surface area (Å²) < 4.78 is 0. The molecule has 0 aliphatic rings. The van der Waals surface area contributed by atoms with Gasteiger partial charge in [-0.1, -0.05) is 13.8 Å². The topological polar surface area (TPSA) is 83.6 Å². The number of rotatable bonds is 8. The van der Waals surface area contributed by atoms with Crippen LogP contribution in [0.25, 0.3) is 0 Å². The van der Waals surface area contributed by atoms with Gasteiger partial charge in [-0.25, -0.2) is 0 Å². The maximum absolute atomic E-state index is 11.9. The lowest BCUT2D eigenvalue weighted by atomic mass is 10.1. The lowest BCUT2D eigenvalue weighted by Gasteiger charge is -2.25. The lowest BCUT2D eigenvalue weighted by molar-refractivity contribution is -0.145. The molecule has 0 saturated heterocycles. The van der Waals surface area contributed by atoms with Crippen LogP contribution in [0.2, 0.25) is 0 Å². The van der Waals surface area contributed by atoms with E-state index in [-0.39, 0.29) is 18.4 Å². The Bertz CT molecular complexity index is 259. The number of amides is 1. The highest BCUT2D eigenvalue weighted by atomic mass is 32.2. The molecule has 3 N–H and O–H groups in total. The first-order valence-corrected chi connectivity index (χ1v) is 7.03. The summed E-state index contributed by atoms with van der Waals surface area (Å²) in [6.07, 6.45) is 2.52. The minimum absolute atomic E-state index is 0.228. The van der Waals surface area contributed by atoms with Gasteiger partial charge in [0.15, 0.2) is 0 Å². The molecule has 6 heteroatoms. The third kappa shape index (κ3) is 7.23. The molecular formula is C11H22N2O3S. The predicted octanol–water partition coefficient (Wildman–Crippen LogP) is 0.636. The quantitative estimate of drug-likeness (QED) is 0.670. The van der Waals surface area contributed by atoms with Crippen LogP contribution in [0, 0.1) is 5.92 Å². The molecule has 0 heterocycles. The molecule has 0 saturated carbocycles. The van der Waals surface area contributed by atoms with Crippen LogP contribution < -0.4 is 5.73 Å². The second-order valence-electron chi connectivity index (χ2n) is 4.39. The summed E-state index contributed by atoms with van der Waals surface area (Å²) >= 11 is 1.62. The fourth-order valence-corrected chi connectivity index (χ4v) is 1.93. The Balaban J connectivity index is 4.44. The smallest absolute Gasteiger partial charge is 0.323 e. The van der Waals surface area contributed by atoms with E-state index in [0.717, 1.165) is 5.75 Å². The minimum Gasteiger partial charge on any atom is -0.480 e. The second kappa shape index (κ2) is 8.36. The summed E-state index contributed by atoms with van der Waals surface area (Å²) in [6, 6.07) is -0.597. The normalized spacial score (nSPS) is 12.5. The number of carboxylic acids is 1. The van der Waals surface area contributed by atoms with E-state index in [1.54, 1.807) is 11.8 Å². The van der Waals surface area contributed by atoms with E-state index in [1.165, 1.54) is 4.90 Å². The van der Waals surface area contributed by atoms with Crippen molar-refractivity contribution in [3.8, 4) is 0 Å². The molecule has 1 atom stereocenters. The van der Waals surface area contributed by atoms with Crippen molar-refractivity contribution in [3.05, 3.63) is 0 Å². The number of carbonyl (C=O) groups is 2. The highest BCUT2D eigenvalue weighted by Crippen LogP contribution is 2.05. The molecule has 0 rings (SSSR count). The third-order valence-electron chi connectivity index (χ3n) is 2.17. The number of aliphatic carboxylic acids is 1. The van der Waals surface area contributed by atoms with Gasteiger partial charge >= 0.3 is 5.97 Å². The molecule has 0 aromatic rings. The van der Waals surface area contributed by atoms with Crippen molar-refractivity contribution in [2.24, 2.45) is 11.7 Å². The van der Waals surface area contributed by atoms with Crippen LogP contribution in [-0.2, 0) is 9.59 Å². The minimum atomic E-state index is -1.00. The van der Waals surface area contributed by atoms with E-state index in [1.807, 2.05) is 20.1 Å². The van der Waals surface area contributed by atoms with E-state index < -0.39 is 12.0 Å². The van der Waals surface area contributed by atoms with E-state index in [4.69, 9.17) is 10.8 Å². The fraction of sp³-hybridized carbons (Fsp3) is 0.818. The standard InChI is InChI=1S/C11H22N2O3S/c1-8(2)6-13(7-10(14)15)11(16)9(12)4-5-17-3/h8-9H,4-7,12H2,1-3H3,(H,14,15)/t9-/m1/s1. The van der Waals surface area contributed by atoms with Gasteiger partial charge in [0.05, 0.1) is 6.04 Å². The van der Waals surface area contributed by atoms with Gasteiger partial charge in [0.1, 0.15) is 6.54 Å². The van der Waals surface area contributed by atoms with Crippen molar-refractivity contribution in [3.63, 3.8) is 0 Å². The van der Waals surface area contributed by atoms with Crippen molar-refractivity contribution in [1.29, 1.82) is 0 Å². The summed E-state index contributed by atoms with van der Waals surface area (Å²) in [7, 11) is 0. The van der Waals surface area contributed by atoms with Gasteiger partial charge in [0, 0.05) is 6.54 Å². The Kier molecular flexibility index (Phi) is 7.99. The fourth-order valence-electron chi connectivity index (χ4n) is 1.44. The molecule has 0 fully saturated rings. The van der Waals surface area contributed by atoms with Gasteiger partial charge in [-0.15, -0.1) is 0 Å². The van der Waals surface area contributed by atoms with Crippen LogP contribution in [0.3, 0.4) is 0 Å². The van der Waals surface area contributed by atoms with Crippen LogP contribution in [0.15, 0.2) is 0 Å². The Morgan fingerprint density at radius 1 is 1.41 bits per heavy atom. The number of carboxylic acid groups (broad SMARTS) is 1. The molecule has 0 bridgehead atoms. The Morgan fingerprint density at radius 3 is 2.41 bits per heavy atom. The first kappa shape index (κ1) is 16.2. The zero-order valence-electron chi connectivity index (χ0n) is 10.7. The molecule has 1 amide bonds. The molecule has 0 aromatic carbocycles. The molecule has 17 heavy (non-hydrogen) atoms. The highest BCUT2D eigenvalue weighted by Gasteiger charge is 2.23. The van der Waals surface area contributed by atoms with Crippen LogP contribution >= 0.6 is 11.8 Å². The van der Waals surface area contributed by atoms with Gasteiger partial charge in [-0.2, -0.15) is 11.8 Å². The predicted molar refractivity (Wildman–Crippen MR) is 70.0 cm³/mol. The number of nitrogens with zero attached hydrogens (tertiary/aromatic N) is 1. The highest BCUT2D eigenvalue weighted by molar-refractivity contribution is 7.98. The molecule has 100 valence electrons. The summed E-state index contributed by atoms with van der Waals surface area (Å²) in [5, 5.41) is 8.76. The number of hydrogen-bond acceptors (Lipinski definition) is 4. The van der Waals surface area contributed by atoms with E-state index in [9.17, 15) is 9.59 Å². The van der Waals surface area contributed by atoms with Gasteiger partial charge in [0.2, 0.25) is 5.91 Å². The summed E-state index contributed by atoms with van der Waals surface area (Å²) in [5.74, 6) is -0.243. The Morgan fingerprint density at radius 2 is 2.00 bits per heavy atom. The zero-order valence-corrected chi connectivity index (χ0v) is 11.5. The first-order chi connectivity index (χ1) is 7.88. The largest absolute Gasteiger partial charge is 0.480 e. The SMILES string of the molecule is CSCC[C@@H](N)C(=O)N(CC(=O)O)CC(C)C. The van der Waals surface area contributed by atoms with Crippen LogP contribution in [-0.4, -0.2) is 53.0 Å². The number of nitrogens with two attached hydrogens (primary N) is 1.